The molecule has 6 rings (SSSR count). The number of benzene rings is 3. The third-order valence-electron chi connectivity index (χ3n) is 5.83. The van der Waals surface area contributed by atoms with Crippen LogP contribution in [-0.2, 0) is 0 Å². The lowest BCUT2D eigenvalue weighted by atomic mass is 10.2. The fourth-order valence-corrected chi connectivity index (χ4v) is 4.29. The second kappa shape index (κ2) is 11.7. The Hall–Kier alpha value is -4.94. The van der Waals surface area contributed by atoms with Crippen molar-refractivity contribution in [3.63, 3.8) is 0 Å². The number of nitrogens with zero attached hydrogens (tertiary/aromatic N) is 4. The number of rotatable bonds is 9. The van der Waals surface area contributed by atoms with Crippen molar-refractivity contribution in [1.82, 2.24) is 9.97 Å². The smallest absolute Gasteiger partial charge is 0.231 e. The van der Waals surface area contributed by atoms with Crippen LogP contribution in [-0.4, -0.2) is 43.1 Å². The van der Waals surface area contributed by atoms with Crippen molar-refractivity contribution in [2.45, 2.75) is 0 Å². The minimum absolute atomic E-state index is 0.145. The fourth-order valence-electron chi connectivity index (χ4n) is 3.89. The molecule has 3 heterocycles. The molecular formula is C27H21Cl2N7O5. The largest absolute Gasteiger partial charge is 0.495 e. The molecule has 41 heavy (non-hydrogen) atoms. The highest BCUT2D eigenvalue weighted by molar-refractivity contribution is 6.33. The highest BCUT2D eigenvalue weighted by Gasteiger charge is 2.17. The molecule has 2 aliphatic heterocycles. The van der Waals surface area contributed by atoms with Crippen LogP contribution in [0.3, 0.4) is 0 Å². The molecule has 0 amide bonds. The fraction of sp³-hybridized carbons (Fsp3) is 0.111. The summed E-state index contributed by atoms with van der Waals surface area (Å²) < 4.78 is 27.0. The molecule has 0 saturated heterocycles. The Labute approximate surface area is 243 Å². The van der Waals surface area contributed by atoms with Crippen molar-refractivity contribution >= 4 is 58.9 Å². The third kappa shape index (κ3) is 5.98. The van der Waals surface area contributed by atoms with E-state index < -0.39 is 0 Å². The van der Waals surface area contributed by atoms with Crippen LogP contribution in [0.5, 0.6) is 28.7 Å². The van der Waals surface area contributed by atoms with E-state index in [0.29, 0.717) is 67.2 Å². The molecule has 0 spiro atoms. The van der Waals surface area contributed by atoms with Crippen molar-refractivity contribution in [3.8, 4) is 28.7 Å². The van der Waals surface area contributed by atoms with Gasteiger partial charge in [-0.05, 0) is 24.3 Å². The molecular weight excluding hydrogens is 573 g/mol. The lowest BCUT2D eigenvalue weighted by molar-refractivity contribution is 0.173. The molecule has 14 heteroatoms. The number of nitrogens with one attached hydrogen (secondary N) is 3. The first-order chi connectivity index (χ1) is 20.1. The first-order valence-electron chi connectivity index (χ1n) is 12.1. The van der Waals surface area contributed by atoms with Crippen LogP contribution in [0.15, 0.2) is 64.8 Å². The van der Waals surface area contributed by atoms with Gasteiger partial charge in [0, 0.05) is 29.3 Å². The number of methoxy groups -OCH3 is 1. The lowest BCUT2D eigenvalue weighted by Gasteiger charge is -2.12. The van der Waals surface area contributed by atoms with Crippen molar-refractivity contribution in [2.75, 3.05) is 36.9 Å². The first kappa shape index (κ1) is 26.3. The minimum Gasteiger partial charge on any atom is -0.495 e. The average Bonchev–Trinajstić information content (AvgIpc) is 3.62. The standard InChI is InChI=1S/C27H21Cl2N7O5/c1-37-20-5-3-2-4-19(20)32-27-33-25(35-30-11-15-6-21-23(8-17(15)28)40-13-38-21)10-26(34-27)36-31-12-16-7-22-24(9-18(16)29)41-14-39-22/h2-12H,13-14H2,1H3,(H3,32,33,34,35,36). The Bertz CT molecular complexity index is 1570. The number of aromatic nitrogens is 2. The third-order valence-corrected chi connectivity index (χ3v) is 6.48. The van der Waals surface area contributed by atoms with Gasteiger partial charge in [-0.25, -0.2) is 0 Å². The molecule has 0 bridgehead atoms. The van der Waals surface area contributed by atoms with Gasteiger partial charge in [0.2, 0.25) is 19.5 Å². The Morgan fingerprint density at radius 1 is 0.756 bits per heavy atom. The van der Waals surface area contributed by atoms with Crippen molar-refractivity contribution in [2.24, 2.45) is 10.2 Å². The number of ether oxygens (including phenoxy) is 5. The predicted octanol–water partition coefficient (Wildman–Crippen LogP) is 5.89. The van der Waals surface area contributed by atoms with Crippen molar-refractivity contribution < 1.29 is 23.7 Å². The summed E-state index contributed by atoms with van der Waals surface area (Å²) in [6.07, 6.45) is 3.10. The molecule has 0 saturated carbocycles. The van der Waals surface area contributed by atoms with E-state index in [1.807, 2.05) is 24.3 Å². The summed E-state index contributed by atoms with van der Waals surface area (Å²) in [6.45, 7) is 0.291. The maximum atomic E-state index is 6.36. The Morgan fingerprint density at radius 3 is 1.80 bits per heavy atom. The summed E-state index contributed by atoms with van der Waals surface area (Å²) in [7, 11) is 1.58. The molecule has 2 aliphatic rings. The van der Waals surface area contributed by atoms with Gasteiger partial charge in [-0.2, -0.15) is 20.2 Å². The van der Waals surface area contributed by atoms with Gasteiger partial charge >= 0.3 is 0 Å². The van der Waals surface area contributed by atoms with Gasteiger partial charge in [-0.15, -0.1) is 0 Å². The molecule has 0 fully saturated rings. The monoisotopic (exact) mass is 593 g/mol. The van der Waals surface area contributed by atoms with E-state index in [1.54, 1.807) is 49.9 Å². The molecule has 208 valence electrons. The predicted molar refractivity (Wildman–Crippen MR) is 156 cm³/mol. The summed E-state index contributed by atoms with van der Waals surface area (Å²) in [5.41, 5.74) is 7.74. The first-order valence-corrected chi connectivity index (χ1v) is 12.9. The Balaban J connectivity index is 1.24. The van der Waals surface area contributed by atoms with Gasteiger partial charge in [-0.3, -0.25) is 10.9 Å². The summed E-state index contributed by atoms with van der Waals surface area (Å²) in [6, 6.07) is 15.9. The molecule has 0 radical (unpaired) electrons. The molecule has 3 aromatic carbocycles. The van der Waals surface area contributed by atoms with E-state index in [2.05, 4.69) is 36.3 Å². The van der Waals surface area contributed by atoms with Crippen LogP contribution in [0.25, 0.3) is 0 Å². The Morgan fingerprint density at radius 2 is 1.27 bits per heavy atom. The van der Waals surface area contributed by atoms with Crippen LogP contribution in [0.2, 0.25) is 10.0 Å². The van der Waals surface area contributed by atoms with E-state index >= 15 is 0 Å². The van der Waals surface area contributed by atoms with Crippen LogP contribution < -0.4 is 39.9 Å². The van der Waals surface area contributed by atoms with E-state index in [4.69, 9.17) is 46.9 Å². The molecule has 4 aromatic rings. The van der Waals surface area contributed by atoms with Gasteiger partial charge in [-0.1, -0.05) is 35.3 Å². The summed E-state index contributed by atoms with van der Waals surface area (Å²) in [4.78, 5) is 9.02. The van der Waals surface area contributed by atoms with Gasteiger partial charge in [0.1, 0.15) is 5.75 Å². The second-order valence-electron chi connectivity index (χ2n) is 8.48. The number of anilines is 4. The molecule has 0 unspecified atom stereocenters. The summed E-state index contributed by atoms with van der Waals surface area (Å²) in [5.74, 6) is 3.96. The maximum absolute atomic E-state index is 6.36. The van der Waals surface area contributed by atoms with Gasteiger partial charge in [0.05, 0.1) is 35.3 Å². The number of fused-ring (bicyclic) bond motifs is 2. The van der Waals surface area contributed by atoms with Crippen LogP contribution >= 0.6 is 23.2 Å². The topological polar surface area (TPSA) is 133 Å². The zero-order valence-electron chi connectivity index (χ0n) is 21.4. The zero-order valence-corrected chi connectivity index (χ0v) is 22.9. The second-order valence-corrected chi connectivity index (χ2v) is 9.30. The summed E-state index contributed by atoms with van der Waals surface area (Å²) >= 11 is 12.7. The molecule has 0 atom stereocenters. The van der Waals surface area contributed by atoms with E-state index in [0.717, 1.165) is 0 Å². The number of hydrazone groups is 2. The van der Waals surface area contributed by atoms with E-state index in [9.17, 15) is 0 Å². The number of halogens is 2. The average molecular weight is 594 g/mol. The van der Waals surface area contributed by atoms with Crippen LogP contribution in [0.4, 0.5) is 23.3 Å². The highest BCUT2D eigenvalue weighted by atomic mass is 35.5. The lowest BCUT2D eigenvalue weighted by Crippen LogP contribution is -2.05. The SMILES string of the molecule is COc1ccccc1Nc1nc(NN=Cc2cc3c(cc2Cl)OCO3)cc(NN=Cc2cc3c(cc2Cl)OCO3)n1. The van der Waals surface area contributed by atoms with Gasteiger partial charge < -0.3 is 29.0 Å². The zero-order chi connectivity index (χ0) is 28.2. The number of para-hydroxylation sites is 2. The highest BCUT2D eigenvalue weighted by Crippen LogP contribution is 2.37. The molecule has 3 N–H and O–H groups in total. The molecule has 1 aromatic heterocycles. The molecule has 12 nitrogen and oxygen atoms in total. The van der Waals surface area contributed by atoms with Crippen LogP contribution in [0, 0.1) is 0 Å². The quantitative estimate of drug-likeness (QED) is 0.159. The maximum Gasteiger partial charge on any atom is 0.231 e. The van der Waals surface area contributed by atoms with Crippen LogP contribution in [0.1, 0.15) is 11.1 Å². The van der Waals surface area contributed by atoms with E-state index in [1.165, 1.54) is 0 Å². The van der Waals surface area contributed by atoms with Crippen molar-refractivity contribution in [3.05, 3.63) is 75.8 Å². The van der Waals surface area contributed by atoms with E-state index in [-0.39, 0.29) is 19.5 Å². The summed E-state index contributed by atoms with van der Waals surface area (Å²) in [5, 5.41) is 12.6. The molecule has 0 aliphatic carbocycles. The number of hydrogen-bond acceptors (Lipinski definition) is 12. The minimum atomic E-state index is 0.145. The Kier molecular flexibility index (Phi) is 7.48. The van der Waals surface area contributed by atoms with Gasteiger partial charge in [0.25, 0.3) is 0 Å². The van der Waals surface area contributed by atoms with Crippen molar-refractivity contribution in [1.29, 1.82) is 0 Å². The van der Waals surface area contributed by atoms with Gasteiger partial charge in [0.15, 0.2) is 34.6 Å². The normalized spacial score (nSPS) is 13.1. The number of hydrogen-bond donors (Lipinski definition) is 3.